The van der Waals surface area contributed by atoms with Crippen molar-refractivity contribution < 1.29 is 4.79 Å². The van der Waals surface area contributed by atoms with E-state index in [1.807, 2.05) is 6.92 Å². The maximum atomic E-state index is 12.1. The molecule has 0 aromatic rings. The Kier molecular flexibility index (Phi) is 3.01. The van der Waals surface area contributed by atoms with Gasteiger partial charge in [0.1, 0.15) is 0 Å². The summed E-state index contributed by atoms with van der Waals surface area (Å²) in [7, 11) is 0. The average Bonchev–Trinajstić information content (AvgIpc) is 3.04. The van der Waals surface area contributed by atoms with Crippen LogP contribution in [-0.4, -0.2) is 28.9 Å². The lowest BCUT2D eigenvalue weighted by Gasteiger charge is -2.31. The molecule has 1 amide bonds. The van der Waals surface area contributed by atoms with Crippen molar-refractivity contribution in [2.75, 3.05) is 0 Å². The van der Waals surface area contributed by atoms with Crippen LogP contribution in [0.2, 0.25) is 0 Å². The first kappa shape index (κ1) is 10.9. The first-order valence-electron chi connectivity index (χ1n) is 6.23. The summed E-state index contributed by atoms with van der Waals surface area (Å²) in [6.07, 6.45) is 5.69. The molecule has 0 aliphatic heterocycles. The van der Waals surface area contributed by atoms with Crippen LogP contribution in [0.25, 0.3) is 0 Å². The standard InChI is InChI=1S/C12H22N2O/c1-3-11(13)12(15)14(10-6-7-10)8(2)9-4-5-9/h8-11H,3-7,13H2,1-2H3/t8?,11-/m0/s1. The van der Waals surface area contributed by atoms with Gasteiger partial charge in [-0.3, -0.25) is 4.79 Å². The van der Waals surface area contributed by atoms with E-state index in [9.17, 15) is 4.79 Å². The predicted molar refractivity (Wildman–Crippen MR) is 60.3 cm³/mol. The first-order chi connectivity index (χ1) is 7.15. The van der Waals surface area contributed by atoms with Gasteiger partial charge in [0.25, 0.3) is 0 Å². The molecule has 2 aliphatic rings. The van der Waals surface area contributed by atoms with Crippen LogP contribution in [0.15, 0.2) is 0 Å². The molecule has 3 nitrogen and oxygen atoms in total. The number of hydrogen-bond acceptors (Lipinski definition) is 2. The van der Waals surface area contributed by atoms with E-state index in [0.717, 1.165) is 12.3 Å². The summed E-state index contributed by atoms with van der Waals surface area (Å²) in [5.41, 5.74) is 5.85. The Balaban J connectivity index is 2.01. The molecule has 2 atom stereocenters. The van der Waals surface area contributed by atoms with E-state index < -0.39 is 0 Å². The Morgan fingerprint density at radius 3 is 2.40 bits per heavy atom. The molecule has 2 saturated carbocycles. The monoisotopic (exact) mass is 210 g/mol. The summed E-state index contributed by atoms with van der Waals surface area (Å²) < 4.78 is 0. The summed E-state index contributed by atoms with van der Waals surface area (Å²) in [6.45, 7) is 4.17. The molecule has 0 saturated heterocycles. The van der Waals surface area contributed by atoms with Crippen LogP contribution in [0, 0.1) is 5.92 Å². The highest BCUT2D eigenvalue weighted by Crippen LogP contribution is 2.39. The van der Waals surface area contributed by atoms with E-state index in [-0.39, 0.29) is 11.9 Å². The molecule has 3 heteroatoms. The van der Waals surface area contributed by atoms with Crippen LogP contribution in [0.1, 0.15) is 46.0 Å². The highest BCUT2D eigenvalue weighted by molar-refractivity contribution is 5.82. The normalized spacial score (nSPS) is 24.7. The molecule has 0 heterocycles. The molecular weight excluding hydrogens is 188 g/mol. The fraction of sp³-hybridized carbons (Fsp3) is 0.917. The van der Waals surface area contributed by atoms with Gasteiger partial charge in [-0.1, -0.05) is 6.92 Å². The first-order valence-corrected chi connectivity index (χ1v) is 6.23. The van der Waals surface area contributed by atoms with Gasteiger partial charge >= 0.3 is 0 Å². The molecule has 86 valence electrons. The SMILES string of the molecule is CC[C@H](N)C(=O)N(C1CC1)C(C)C1CC1. The topological polar surface area (TPSA) is 46.3 Å². The third-order valence-corrected chi connectivity index (χ3v) is 3.69. The van der Waals surface area contributed by atoms with Crippen LogP contribution in [0.4, 0.5) is 0 Å². The van der Waals surface area contributed by atoms with E-state index >= 15 is 0 Å². The van der Waals surface area contributed by atoms with Gasteiger partial charge in [0.05, 0.1) is 6.04 Å². The Morgan fingerprint density at radius 1 is 1.40 bits per heavy atom. The predicted octanol–water partition coefficient (Wildman–Crippen LogP) is 1.51. The molecule has 0 radical (unpaired) electrons. The van der Waals surface area contributed by atoms with Gasteiger partial charge in [-0.15, -0.1) is 0 Å². The molecule has 2 fully saturated rings. The minimum Gasteiger partial charge on any atom is -0.335 e. The van der Waals surface area contributed by atoms with Crippen molar-refractivity contribution in [1.29, 1.82) is 0 Å². The zero-order chi connectivity index (χ0) is 11.0. The van der Waals surface area contributed by atoms with Crippen LogP contribution >= 0.6 is 0 Å². The highest BCUT2D eigenvalue weighted by atomic mass is 16.2. The minimum atomic E-state index is -0.285. The molecule has 2 N–H and O–H groups in total. The number of rotatable bonds is 5. The second kappa shape index (κ2) is 4.12. The molecule has 0 aromatic carbocycles. The Labute approximate surface area is 92.0 Å². The minimum absolute atomic E-state index is 0.180. The Bertz CT molecular complexity index is 246. The van der Waals surface area contributed by atoms with Gasteiger partial charge in [0.15, 0.2) is 0 Å². The van der Waals surface area contributed by atoms with Crippen LogP contribution in [-0.2, 0) is 4.79 Å². The molecule has 2 rings (SSSR count). The van der Waals surface area contributed by atoms with Crippen molar-refractivity contribution in [3.8, 4) is 0 Å². The highest BCUT2D eigenvalue weighted by Gasteiger charge is 2.42. The van der Waals surface area contributed by atoms with Gasteiger partial charge in [-0.25, -0.2) is 0 Å². The number of nitrogens with zero attached hydrogens (tertiary/aromatic N) is 1. The second-order valence-electron chi connectivity index (χ2n) is 5.07. The summed E-state index contributed by atoms with van der Waals surface area (Å²) in [5.74, 6) is 0.929. The maximum absolute atomic E-state index is 12.1. The van der Waals surface area contributed by atoms with Gasteiger partial charge < -0.3 is 10.6 Å². The average molecular weight is 210 g/mol. The lowest BCUT2D eigenvalue weighted by atomic mass is 10.1. The van der Waals surface area contributed by atoms with Gasteiger partial charge in [-0.2, -0.15) is 0 Å². The fourth-order valence-electron chi connectivity index (χ4n) is 2.24. The van der Waals surface area contributed by atoms with Crippen molar-refractivity contribution >= 4 is 5.91 Å². The number of hydrogen-bond donors (Lipinski definition) is 1. The number of carbonyl (C=O) groups is 1. The molecule has 0 spiro atoms. The summed E-state index contributed by atoms with van der Waals surface area (Å²) in [6, 6.07) is 0.639. The van der Waals surface area contributed by atoms with E-state index in [1.54, 1.807) is 0 Å². The third-order valence-electron chi connectivity index (χ3n) is 3.69. The van der Waals surface area contributed by atoms with E-state index in [4.69, 9.17) is 5.73 Å². The summed E-state index contributed by atoms with van der Waals surface area (Å²) >= 11 is 0. The Morgan fingerprint density at radius 2 is 2.00 bits per heavy atom. The smallest absolute Gasteiger partial charge is 0.239 e. The largest absolute Gasteiger partial charge is 0.335 e. The van der Waals surface area contributed by atoms with E-state index in [0.29, 0.717) is 12.1 Å². The van der Waals surface area contributed by atoms with E-state index in [2.05, 4.69) is 11.8 Å². The zero-order valence-electron chi connectivity index (χ0n) is 9.78. The second-order valence-corrected chi connectivity index (χ2v) is 5.07. The quantitative estimate of drug-likeness (QED) is 0.747. The third kappa shape index (κ3) is 2.33. The lowest BCUT2D eigenvalue weighted by molar-refractivity contribution is -0.135. The van der Waals surface area contributed by atoms with Crippen molar-refractivity contribution in [1.82, 2.24) is 4.90 Å². The Hall–Kier alpha value is -0.570. The van der Waals surface area contributed by atoms with Gasteiger partial charge in [0.2, 0.25) is 5.91 Å². The number of nitrogens with two attached hydrogens (primary N) is 1. The van der Waals surface area contributed by atoms with Crippen molar-refractivity contribution in [3.05, 3.63) is 0 Å². The van der Waals surface area contributed by atoms with Crippen molar-refractivity contribution in [3.63, 3.8) is 0 Å². The zero-order valence-corrected chi connectivity index (χ0v) is 9.78. The fourth-order valence-corrected chi connectivity index (χ4v) is 2.24. The molecular formula is C12H22N2O. The molecule has 2 aliphatic carbocycles. The lowest BCUT2D eigenvalue weighted by Crippen LogP contribution is -2.49. The van der Waals surface area contributed by atoms with Crippen LogP contribution in [0.3, 0.4) is 0 Å². The molecule has 0 aromatic heterocycles. The van der Waals surface area contributed by atoms with Crippen LogP contribution in [0.5, 0.6) is 0 Å². The number of carbonyl (C=O) groups excluding carboxylic acids is 1. The van der Waals surface area contributed by atoms with Gasteiger partial charge in [-0.05, 0) is 44.9 Å². The summed E-state index contributed by atoms with van der Waals surface area (Å²) in [5, 5.41) is 0. The van der Waals surface area contributed by atoms with E-state index in [1.165, 1.54) is 25.7 Å². The molecule has 0 bridgehead atoms. The van der Waals surface area contributed by atoms with Crippen molar-refractivity contribution in [2.24, 2.45) is 11.7 Å². The molecule has 1 unspecified atom stereocenters. The maximum Gasteiger partial charge on any atom is 0.239 e. The van der Waals surface area contributed by atoms with Gasteiger partial charge in [0, 0.05) is 12.1 Å². The van der Waals surface area contributed by atoms with Crippen LogP contribution < -0.4 is 5.73 Å². The summed E-state index contributed by atoms with van der Waals surface area (Å²) in [4.78, 5) is 14.2. The van der Waals surface area contributed by atoms with Crippen molar-refractivity contribution in [2.45, 2.75) is 64.1 Å². The number of amides is 1. The molecule has 15 heavy (non-hydrogen) atoms.